The van der Waals surface area contributed by atoms with Crippen LogP contribution in [0.4, 0.5) is 0 Å². The van der Waals surface area contributed by atoms with Gasteiger partial charge in [-0.1, -0.05) is 279 Å². The van der Waals surface area contributed by atoms with E-state index in [-0.39, 0.29) is 0 Å². The smallest absolute Gasteiger partial charge is 0.0978 e. The third-order valence-electron chi connectivity index (χ3n) is 18.7. The van der Waals surface area contributed by atoms with Gasteiger partial charge < -0.3 is 0 Å². The molecule has 13 aromatic carbocycles. The van der Waals surface area contributed by atoms with Crippen molar-refractivity contribution in [1.29, 1.82) is 0 Å². The van der Waals surface area contributed by atoms with E-state index >= 15 is 0 Å². The Morgan fingerprint density at radius 1 is 0.146 bits per heavy atom. The fraction of sp³-hybridized carbons (Fsp3) is 0. The molecule has 6 nitrogen and oxygen atoms in total. The standard InChI is InChI=1S/C47H29N3.C43H27N3/c1-2-9-33(10-3-1)45-39-11-5-7-13-44(39)50-47-40(45)25-22-34-24-27-43(49-46(34)47)38-21-20-36-28-35(18-19-37(36)29-38)30-14-16-32(17-15-30)42-26-23-31-8-4-6-12-41(31)48-42;1-2-9-33(10-3-1)41-35-11-5-7-13-40(35)46-43-36(41)25-22-34-24-27-39(45-42(34)43)32-20-16-29(17-21-32)28-14-18-31(19-15-28)38-26-23-30-8-4-6-12-37(30)44-38/h1-29H;1-27H. The van der Waals surface area contributed by atoms with E-state index in [1.165, 1.54) is 44.2 Å². The summed E-state index contributed by atoms with van der Waals surface area (Å²) in [6.07, 6.45) is 0. The number of fused-ring (bicyclic) bond motifs is 11. The van der Waals surface area contributed by atoms with Crippen molar-refractivity contribution in [3.63, 3.8) is 0 Å². The van der Waals surface area contributed by atoms with Gasteiger partial charge in [-0.2, -0.15) is 0 Å². The van der Waals surface area contributed by atoms with E-state index in [1.54, 1.807) is 0 Å². The van der Waals surface area contributed by atoms with Gasteiger partial charge in [-0.3, -0.25) is 0 Å². The SMILES string of the molecule is c1ccc(-c2c3ccccc3nc3c2ccc2ccc(-c4ccc(-c5ccc(-c6ccc7ccccc7n6)cc5)cc4)nc23)cc1.c1ccc(-c2c3ccccc3nc3c2ccc2ccc(-c4ccc5cc(-c6ccc(-c7ccc8ccccc8n7)cc6)ccc5c4)nc23)cc1. The van der Waals surface area contributed by atoms with Gasteiger partial charge in [-0.15, -0.1) is 0 Å². The van der Waals surface area contributed by atoms with Crippen LogP contribution in [0.25, 0.3) is 188 Å². The van der Waals surface area contributed by atoms with Gasteiger partial charge in [0.2, 0.25) is 0 Å². The lowest BCUT2D eigenvalue weighted by atomic mass is 9.95. The number of pyridine rings is 6. The zero-order valence-corrected chi connectivity index (χ0v) is 52.0. The summed E-state index contributed by atoms with van der Waals surface area (Å²) in [5.74, 6) is 0. The molecule has 0 spiro atoms. The molecule has 0 N–H and O–H groups in total. The molecule has 96 heavy (non-hydrogen) atoms. The molecule has 446 valence electrons. The van der Waals surface area contributed by atoms with Crippen molar-refractivity contribution in [1.82, 2.24) is 29.9 Å². The molecule has 6 aromatic heterocycles. The lowest BCUT2D eigenvalue weighted by Gasteiger charge is -2.13. The highest BCUT2D eigenvalue weighted by molar-refractivity contribution is 6.18. The van der Waals surface area contributed by atoms with Crippen molar-refractivity contribution in [2.24, 2.45) is 0 Å². The topological polar surface area (TPSA) is 77.3 Å². The molecule has 0 radical (unpaired) electrons. The van der Waals surface area contributed by atoms with Gasteiger partial charge in [0.25, 0.3) is 0 Å². The molecular weight excluding hydrogens is 1170 g/mol. The molecule has 0 unspecified atom stereocenters. The lowest BCUT2D eigenvalue weighted by molar-refractivity contribution is 1.39. The van der Waals surface area contributed by atoms with Gasteiger partial charge in [-0.25, -0.2) is 29.9 Å². The predicted octanol–water partition coefficient (Wildman–Crippen LogP) is 23.5. The second-order valence-corrected chi connectivity index (χ2v) is 24.5. The monoisotopic (exact) mass is 1220 g/mol. The van der Waals surface area contributed by atoms with Crippen LogP contribution >= 0.6 is 0 Å². The Bertz CT molecular complexity index is 6230. The minimum atomic E-state index is 0.917. The molecule has 0 aliphatic heterocycles. The van der Waals surface area contributed by atoms with E-state index in [0.717, 1.165) is 143 Å². The van der Waals surface area contributed by atoms with Gasteiger partial charge in [0.05, 0.1) is 66.9 Å². The maximum Gasteiger partial charge on any atom is 0.0978 e. The van der Waals surface area contributed by atoms with Gasteiger partial charge in [0.15, 0.2) is 0 Å². The Labute approximate surface area is 553 Å². The first kappa shape index (κ1) is 55.9. The van der Waals surface area contributed by atoms with Gasteiger partial charge in [0, 0.05) is 76.5 Å². The van der Waals surface area contributed by atoms with Crippen molar-refractivity contribution in [3.8, 4) is 89.5 Å². The summed E-state index contributed by atoms with van der Waals surface area (Å²) in [7, 11) is 0. The molecule has 19 aromatic rings. The number of hydrogen-bond donors (Lipinski definition) is 0. The van der Waals surface area contributed by atoms with Crippen molar-refractivity contribution >= 4 is 98.0 Å². The van der Waals surface area contributed by atoms with E-state index in [2.05, 4.69) is 315 Å². The average Bonchev–Trinajstić information content (AvgIpc) is 0.753. The molecular formula is C90H56N6. The van der Waals surface area contributed by atoms with Gasteiger partial charge in [-0.05, 0) is 105 Å². The third kappa shape index (κ3) is 10.3. The number of para-hydroxylation sites is 4. The molecule has 0 fully saturated rings. The number of hydrogen-bond acceptors (Lipinski definition) is 6. The predicted molar refractivity (Wildman–Crippen MR) is 401 cm³/mol. The third-order valence-corrected chi connectivity index (χ3v) is 18.7. The quantitative estimate of drug-likeness (QED) is 0.111. The van der Waals surface area contributed by atoms with Crippen LogP contribution in [0.15, 0.2) is 340 Å². The highest BCUT2D eigenvalue weighted by atomic mass is 14.8. The Balaban J connectivity index is 0.000000141. The van der Waals surface area contributed by atoms with Crippen molar-refractivity contribution < 1.29 is 0 Å². The summed E-state index contributed by atoms with van der Waals surface area (Å²) in [4.78, 5) is 30.6. The number of aromatic nitrogens is 6. The second kappa shape index (κ2) is 23.7. The van der Waals surface area contributed by atoms with Crippen LogP contribution in [-0.2, 0) is 0 Å². The lowest BCUT2D eigenvalue weighted by Crippen LogP contribution is -1.93. The minimum Gasteiger partial charge on any atom is -0.248 e. The van der Waals surface area contributed by atoms with Crippen LogP contribution in [0.3, 0.4) is 0 Å². The summed E-state index contributed by atoms with van der Waals surface area (Å²) in [6, 6.07) is 119. The molecule has 0 saturated carbocycles. The Morgan fingerprint density at radius 3 is 0.917 bits per heavy atom. The number of nitrogens with zero attached hydrogens (tertiary/aromatic N) is 6. The maximum absolute atomic E-state index is 5.27. The van der Waals surface area contributed by atoms with Crippen LogP contribution in [0, 0.1) is 0 Å². The van der Waals surface area contributed by atoms with Gasteiger partial charge >= 0.3 is 0 Å². The van der Waals surface area contributed by atoms with Gasteiger partial charge in [0.1, 0.15) is 0 Å². The van der Waals surface area contributed by atoms with Crippen LogP contribution < -0.4 is 0 Å². The summed E-state index contributed by atoms with van der Waals surface area (Å²) >= 11 is 0. The van der Waals surface area contributed by atoms with Crippen LogP contribution in [0.2, 0.25) is 0 Å². The average molecular weight is 1220 g/mol. The van der Waals surface area contributed by atoms with Crippen LogP contribution in [0.5, 0.6) is 0 Å². The molecule has 19 rings (SSSR count). The van der Waals surface area contributed by atoms with Crippen molar-refractivity contribution in [2.45, 2.75) is 0 Å². The molecule has 0 atom stereocenters. The van der Waals surface area contributed by atoms with E-state index in [9.17, 15) is 0 Å². The molecule has 0 aliphatic carbocycles. The summed E-state index contributed by atoms with van der Waals surface area (Å²) in [5.41, 5.74) is 25.3. The van der Waals surface area contributed by atoms with E-state index in [1.807, 2.05) is 24.3 Å². The fourth-order valence-corrected chi connectivity index (χ4v) is 13.8. The molecule has 0 saturated heterocycles. The first-order chi connectivity index (χ1) is 47.5. The highest BCUT2D eigenvalue weighted by Crippen LogP contribution is 2.41. The van der Waals surface area contributed by atoms with Crippen LogP contribution in [0.1, 0.15) is 0 Å². The largest absolute Gasteiger partial charge is 0.248 e. The number of rotatable bonds is 8. The maximum atomic E-state index is 5.27. The fourth-order valence-electron chi connectivity index (χ4n) is 13.8. The van der Waals surface area contributed by atoms with E-state index in [4.69, 9.17) is 29.9 Å². The minimum absolute atomic E-state index is 0.917. The number of benzene rings is 13. The van der Waals surface area contributed by atoms with E-state index in [0.29, 0.717) is 0 Å². The first-order valence-electron chi connectivity index (χ1n) is 32.5. The Kier molecular flexibility index (Phi) is 13.8. The zero-order chi connectivity index (χ0) is 63.5. The Hall–Kier alpha value is -12.9. The Morgan fingerprint density at radius 2 is 0.458 bits per heavy atom. The van der Waals surface area contributed by atoms with Crippen molar-refractivity contribution in [2.75, 3.05) is 0 Å². The first-order valence-corrected chi connectivity index (χ1v) is 32.5. The van der Waals surface area contributed by atoms with Crippen LogP contribution in [-0.4, -0.2) is 29.9 Å². The molecule has 0 amide bonds. The van der Waals surface area contributed by atoms with E-state index < -0.39 is 0 Å². The molecule has 0 aliphatic rings. The highest BCUT2D eigenvalue weighted by Gasteiger charge is 2.18. The molecule has 0 bridgehead atoms. The summed E-state index contributed by atoms with van der Waals surface area (Å²) in [5, 5.41) is 11.4. The van der Waals surface area contributed by atoms with Crippen molar-refractivity contribution in [3.05, 3.63) is 340 Å². The normalized spacial score (nSPS) is 11.5. The zero-order valence-electron chi connectivity index (χ0n) is 52.0. The molecule has 6 heterocycles. The second-order valence-electron chi connectivity index (χ2n) is 24.5. The summed E-state index contributed by atoms with van der Waals surface area (Å²) in [6.45, 7) is 0. The summed E-state index contributed by atoms with van der Waals surface area (Å²) < 4.78 is 0. The molecule has 6 heteroatoms.